The minimum atomic E-state index is 0.0913. The Morgan fingerprint density at radius 2 is 2.04 bits per heavy atom. The number of aryl methyl sites for hydroxylation is 2. The fourth-order valence-corrected chi connectivity index (χ4v) is 3.12. The normalized spacial score (nSPS) is 17.8. The van der Waals surface area contributed by atoms with Gasteiger partial charge in [0.25, 0.3) is 0 Å². The van der Waals surface area contributed by atoms with Crippen molar-refractivity contribution in [3.05, 3.63) is 11.8 Å². The molecule has 0 bridgehead atoms. The third kappa shape index (κ3) is 5.60. The van der Waals surface area contributed by atoms with Crippen LogP contribution in [0.2, 0.25) is 0 Å². The van der Waals surface area contributed by atoms with E-state index in [0.29, 0.717) is 12.5 Å². The minimum Gasteiger partial charge on any atom is -0.311 e. The molecule has 0 spiro atoms. The van der Waals surface area contributed by atoms with Gasteiger partial charge in [0.1, 0.15) is 5.82 Å². The second kappa shape index (κ2) is 9.18. The van der Waals surface area contributed by atoms with Gasteiger partial charge in [-0.15, -0.1) is 0 Å². The molecule has 1 saturated heterocycles. The smallest absolute Gasteiger partial charge is 0.225 e. The Balaban J connectivity index is 1.78. The lowest BCUT2D eigenvalue weighted by atomic mass is 10.1. The Hall–Kier alpha value is -1.40. The van der Waals surface area contributed by atoms with E-state index in [2.05, 4.69) is 41.1 Å². The molecule has 6 nitrogen and oxygen atoms in total. The maximum atomic E-state index is 12.3. The number of aromatic nitrogens is 2. The van der Waals surface area contributed by atoms with Crippen molar-refractivity contribution in [3.8, 4) is 0 Å². The van der Waals surface area contributed by atoms with Gasteiger partial charge in [-0.25, -0.2) is 4.68 Å². The Morgan fingerprint density at radius 3 is 2.71 bits per heavy atom. The molecule has 6 heteroatoms. The second-order valence-corrected chi connectivity index (χ2v) is 7.02. The summed E-state index contributed by atoms with van der Waals surface area (Å²) < 4.78 is 1.92. The molecule has 0 saturated carbocycles. The number of amides is 1. The maximum Gasteiger partial charge on any atom is 0.225 e. The number of carbonyl (C=O) groups is 1. The SMILES string of the molecule is CCCCn1nc(C)cc1NC(=O)CCC(C)N1CCN(C)CC1. The predicted octanol–water partition coefficient (Wildman–Crippen LogP) is 2.35. The first-order valence-corrected chi connectivity index (χ1v) is 9.26. The van der Waals surface area contributed by atoms with E-state index in [9.17, 15) is 4.79 Å². The molecule has 1 aromatic rings. The van der Waals surface area contributed by atoms with Gasteiger partial charge in [0, 0.05) is 51.3 Å². The number of nitrogens with one attached hydrogen (secondary N) is 1. The summed E-state index contributed by atoms with van der Waals surface area (Å²) in [6, 6.07) is 2.41. The number of hydrogen-bond acceptors (Lipinski definition) is 4. The van der Waals surface area contributed by atoms with Gasteiger partial charge in [-0.1, -0.05) is 13.3 Å². The van der Waals surface area contributed by atoms with Crippen LogP contribution >= 0.6 is 0 Å². The van der Waals surface area contributed by atoms with Crippen LogP contribution in [0.4, 0.5) is 5.82 Å². The van der Waals surface area contributed by atoms with Crippen LogP contribution in [-0.4, -0.2) is 64.8 Å². The molecule has 2 heterocycles. The van der Waals surface area contributed by atoms with Crippen molar-refractivity contribution in [1.82, 2.24) is 19.6 Å². The largest absolute Gasteiger partial charge is 0.311 e. The van der Waals surface area contributed by atoms with Crippen LogP contribution in [0.15, 0.2) is 6.07 Å². The van der Waals surface area contributed by atoms with Crippen LogP contribution in [0.3, 0.4) is 0 Å². The third-order valence-electron chi connectivity index (χ3n) is 4.84. The number of carbonyl (C=O) groups excluding carboxylic acids is 1. The van der Waals surface area contributed by atoms with Crippen LogP contribution < -0.4 is 5.32 Å². The van der Waals surface area contributed by atoms with E-state index in [1.54, 1.807) is 0 Å². The van der Waals surface area contributed by atoms with Crippen molar-refractivity contribution in [1.29, 1.82) is 0 Å². The first-order chi connectivity index (χ1) is 11.5. The molecule has 1 amide bonds. The summed E-state index contributed by atoms with van der Waals surface area (Å²) in [4.78, 5) is 17.2. The van der Waals surface area contributed by atoms with Gasteiger partial charge in [0.2, 0.25) is 5.91 Å². The molecule has 1 aliphatic heterocycles. The topological polar surface area (TPSA) is 53.4 Å². The summed E-state index contributed by atoms with van der Waals surface area (Å²) >= 11 is 0. The lowest BCUT2D eigenvalue weighted by Crippen LogP contribution is -2.48. The van der Waals surface area contributed by atoms with Crippen LogP contribution in [0.1, 0.15) is 45.2 Å². The number of likely N-dealkylation sites (N-methyl/N-ethyl adjacent to an activating group) is 1. The Labute approximate surface area is 146 Å². The minimum absolute atomic E-state index is 0.0913. The van der Waals surface area contributed by atoms with E-state index in [0.717, 1.165) is 63.5 Å². The number of anilines is 1. The molecule has 1 unspecified atom stereocenters. The average molecular weight is 335 g/mol. The van der Waals surface area contributed by atoms with Crippen LogP contribution in [0, 0.1) is 6.92 Å². The summed E-state index contributed by atoms with van der Waals surface area (Å²) in [6.45, 7) is 11.6. The van der Waals surface area contributed by atoms with Gasteiger partial charge in [0.05, 0.1) is 5.69 Å². The highest BCUT2D eigenvalue weighted by atomic mass is 16.1. The van der Waals surface area contributed by atoms with Crippen molar-refractivity contribution in [2.45, 2.75) is 59.0 Å². The van der Waals surface area contributed by atoms with E-state index in [-0.39, 0.29) is 5.91 Å². The summed E-state index contributed by atoms with van der Waals surface area (Å²) in [5.74, 6) is 0.923. The zero-order chi connectivity index (χ0) is 17.5. The van der Waals surface area contributed by atoms with Gasteiger partial charge in [-0.3, -0.25) is 9.69 Å². The molecular formula is C18H33N5O. The van der Waals surface area contributed by atoms with E-state index in [1.165, 1.54) is 0 Å². The number of rotatable bonds is 8. The van der Waals surface area contributed by atoms with E-state index in [1.807, 2.05) is 17.7 Å². The molecule has 2 rings (SSSR count). The molecule has 24 heavy (non-hydrogen) atoms. The Morgan fingerprint density at radius 1 is 1.33 bits per heavy atom. The van der Waals surface area contributed by atoms with E-state index >= 15 is 0 Å². The number of nitrogens with zero attached hydrogens (tertiary/aromatic N) is 4. The molecule has 0 aromatic carbocycles. The molecule has 1 atom stereocenters. The maximum absolute atomic E-state index is 12.3. The van der Waals surface area contributed by atoms with Gasteiger partial charge < -0.3 is 10.2 Å². The summed E-state index contributed by atoms with van der Waals surface area (Å²) in [5, 5.41) is 7.51. The highest BCUT2D eigenvalue weighted by Crippen LogP contribution is 2.14. The van der Waals surface area contributed by atoms with Crippen molar-refractivity contribution < 1.29 is 4.79 Å². The second-order valence-electron chi connectivity index (χ2n) is 7.02. The molecule has 1 fully saturated rings. The zero-order valence-electron chi connectivity index (χ0n) is 15.7. The first kappa shape index (κ1) is 18.9. The van der Waals surface area contributed by atoms with Crippen molar-refractivity contribution in [2.24, 2.45) is 0 Å². The fourth-order valence-electron chi connectivity index (χ4n) is 3.12. The average Bonchev–Trinajstić information content (AvgIpc) is 2.90. The number of piperazine rings is 1. The molecular weight excluding hydrogens is 302 g/mol. The monoisotopic (exact) mass is 335 g/mol. The number of unbranched alkanes of at least 4 members (excludes halogenated alkanes) is 1. The van der Waals surface area contributed by atoms with Gasteiger partial charge >= 0.3 is 0 Å². The number of hydrogen-bond donors (Lipinski definition) is 1. The summed E-state index contributed by atoms with van der Waals surface area (Å²) in [7, 11) is 2.17. The van der Waals surface area contributed by atoms with Crippen molar-refractivity contribution in [2.75, 3.05) is 38.5 Å². The van der Waals surface area contributed by atoms with Gasteiger partial charge in [0.15, 0.2) is 0 Å². The standard InChI is InChI=1S/C18H33N5O/c1-5-6-9-23-17(14-15(2)20-23)19-18(24)8-7-16(3)22-12-10-21(4)11-13-22/h14,16H,5-13H2,1-4H3,(H,19,24). The molecule has 1 aromatic heterocycles. The Kier molecular flexibility index (Phi) is 7.24. The first-order valence-electron chi connectivity index (χ1n) is 9.26. The van der Waals surface area contributed by atoms with Crippen LogP contribution in [-0.2, 0) is 11.3 Å². The van der Waals surface area contributed by atoms with Crippen molar-refractivity contribution >= 4 is 11.7 Å². The zero-order valence-corrected chi connectivity index (χ0v) is 15.7. The van der Waals surface area contributed by atoms with E-state index in [4.69, 9.17) is 0 Å². The van der Waals surface area contributed by atoms with Gasteiger partial charge in [-0.05, 0) is 33.7 Å². The van der Waals surface area contributed by atoms with E-state index < -0.39 is 0 Å². The lowest BCUT2D eigenvalue weighted by molar-refractivity contribution is -0.116. The lowest BCUT2D eigenvalue weighted by Gasteiger charge is -2.36. The molecule has 0 aliphatic carbocycles. The molecule has 1 aliphatic rings. The van der Waals surface area contributed by atoms with Crippen LogP contribution in [0.5, 0.6) is 0 Å². The highest BCUT2D eigenvalue weighted by Gasteiger charge is 2.20. The Bertz CT molecular complexity index is 519. The quantitative estimate of drug-likeness (QED) is 0.792. The molecule has 136 valence electrons. The van der Waals surface area contributed by atoms with Gasteiger partial charge in [-0.2, -0.15) is 5.10 Å². The molecule has 1 N–H and O–H groups in total. The van der Waals surface area contributed by atoms with Crippen molar-refractivity contribution in [3.63, 3.8) is 0 Å². The highest BCUT2D eigenvalue weighted by molar-refractivity contribution is 5.89. The third-order valence-corrected chi connectivity index (χ3v) is 4.84. The van der Waals surface area contributed by atoms with Crippen LogP contribution in [0.25, 0.3) is 0 Å². The fraction of sp³-hybridized carbons (Fsp3) is 0.778. The molecule has 0 radical (unpaired) electrons. The summed E-state index contributed by atoms with van der Waals surface area (Å²) in [6.07, 6.45) is 3.66. The predicted molar refractivity (Wildman–Crippen MR) is 98.3 cm³/mol. The summed E-state index contributed by atoms with van der Waals surface area (Å²) in [5.41, 5.74) is 0.951.